The third-order valence-electron chi connectivity index (χ3n) is 2.60. The number of nitrogens with zero attached hydrogens (tertiary/aromatic N) is 2. The van der Waals surface area contributed by atoms with Crippen molar-refractivity contribution in [2.24, 2.45) is 7.05 Å². The van der Waals surface area contributed by atoms with Gasteiger partial charge in [-0.3, -0.25) is 0 Å². The van der Waals surface area contributed by atoms with Crippen molar-refractivity contribution in [2.75, 3.05) is 12.4 Å². The highest BCUT2D eigenvalue weighted by molar-refractivity contribution is 7.99. The summed E-state index contributed by atoms with van der Waals surface area (Å²) in [5.74, 6) is 0.583. The zero-order chi connectivity index (χ0) is 13.5. The number of imidazole rings is 1. The van der Waals surface area contributed by atoms with E-state index < -0.39 is 6.10 Å². The van der Waals surface area contributed by atoms with Gasteiger partial charge in [0.25, 0.3) is 0 Å². The van der Waals surface area contributed by atoms with Crippen LogP contribution in [0.3, 0.4) is 0 Å². The number of ether oxygens (including phenoxy) is 1. The summed E-state index contributed by atoms with van der Waals surface area (Å²) in [6.45, 7) is 0.872. The summed E-state index contributed by atoms with van der Waals surface area (Å²) in [4.78, 5) is 4.19. The first-order chi connectivity index (χ1) is 9.25. The van der Waals surface area contributed by atoms with E-state index in [1.807, 2.05) is 48.1 Å². The smallest absolute Gasteiger partial charge is 0.167 e. The Morgan fingerprint density at radius 2 is 2.16 bits per heavy atom. The third kappa shape index (κ3) is 4.70. The van der Waals surface area contributed by atoms with Crippen LogP contribution in [-0.2, 0) is 18.4 Å². The van der Waals surface area contributed by atoms with Crippen LogP contribution in [0.4, 0.5) is 0 Å². The van der Waals surface area contributed by atoms with Gasteiger partial charge in [0, 0.05) is 25.2 Å². The summed E-state index contributed by atoms with van der Waals surface area (Å²) in [6, 6.07) is 9.95. The lowest BCUT2D eigenvalue weighted by Gasteiger charge is -2.10. The highest BCUT2D eigenvalue weighted by Crippen LogP contribution is 2.15. The maximum Gasteiger partial charge on any atom is 0.167 e. The molecule has 19 heavy (non-hydrogen) atoms. The number of hydrogen-bond acceptors (Lipinski definition) is 4. The lowest BCUT2D eigenvalue weighted by molar-refractivity contribution is 0.0397. The molecule has 0 saturated heterocycles. The van der Waals surface area contributed by atoms with E-state index in [1.54, 1.807) is 6.20 Å². The van der Waals surface area contributed by atoms with Gasteiger partial charge in [-0.2, -0.15) is 0 Å². The van der Waals surface area contributed by atoms with Gasteiger partial charge in [-0.25, -0.2) is 4.98 Å². The van der Waals surface area contributed by atoms with E-state index in [4.69, 9.17) is 4.74 Å². The predicted molar refractivity (Wildman–Crippen MR) is 76.0 cm³/mol. The van der Waals surface area contributed by atoms with Crippen molar-refractivity contribution in [2.45, 2.75) is 17.9 Å². The lowest BCUT2D eigenvalue weighted by atomic mass is 10.2. The van der Waals surface area contributed by atoms with E-state index >= 15 is 0 Å². The molecule has 0 aliphatic carbocycles. The topological polar surface area (TPSA) is 47.3 Å². The number of benzene rings is 1. The molecule has 0 aliphatic heterocycles. The Kier molecular flexibility index (Phi) is 5.44. The monoisotopic (exact) mass is 278 g/mol. The molecule has 4 nitrogen and oxygen atoms in total. The maximum atomic E-state index is 9.83. The van der Waals surface area contributed by atoms with Gasteiger partial charge in [0.2, 0.25) is 0 Å². The van der Waals surface area contributed by atoms with E-state index in [-0.39, 0.29) is 0 Å². The van der Waals surface area contributed by atoms with Gasteiger partial charge in [-0.15, -0.1) is 0 Å². The summed E-state index contributed by atoms with van der Waals surface area (Å²) in [5.41, 5.74) is 1.12. The lowest BCUT2D eigenvalue weighted by Crippen LogP contribution is -2.18. The minimum Gasteiger partial charge on any atom is -0.390 e. The second kappa shape index (κ2) is 7.33. The molecule has 2 rings (SSSR count). The van der Waals surface area contributed by atoms with Gasteiger partial charge in [0.05, 0.1) is 19.3 Å². The first-order valence-corrected chi connectivity index (χ1v) is 7.14. The predicted octanol–water partition coefficient (Wildman–Crippen LogP) is 2.09. The fourth-order valence-corrected chi connectivity index (χ4v) is 2.43. The molecule has 0 spiro atoms. The van der Waals surface area contributed by atoms with Crippen molar-refractivity contribution in [3.63, 3.8) is 0 Å². The minimum atomic E-state index is -0.481. The average molecular weight is 278 g/mol. The molecule has 0 amide bonds. The minimum absolute atomic E-state index is 0.340. The number of hydrogen-bond donors (Lipinski definition) is 1. The Bertz CT molecular complexity index is 487. The molecule has 1 N–H and O–H groups in total. The SMILES string of the molecule is Cn1ccnc1SCC(O)COCc1ccccc1. The fourth-order valence-electron chi connectivity index (χ4n) is 1.60. The number of aliphatic hydroxyl groups is 1. The van der Waals surface area contributed by atoms with Crippen LogP contribution >= 0.6 is 11.8 Å². The molecule has 0 fully saturated rings. The fraction of sp³-hybridized carbons (Fsp3) is 0.357. The van der Waals surface area contributed by atoms with Crippen LogP contribution in [-0.4, -0.2) is 33.1 Å². The molecule has 1 aromatic heterocycles. The van der Waals surface area contributed by atoms with Crippen LogP contribution in [0, 0.1) is 0 Å². The quantitative estimate of drug-likeness (QED) is 0.788. The molecule has 0 aliphatic rings. The van der Waals surface area contributed by atoms with E-state index in [1.165, 1.54) is 11.8 Å². The number of aliphatic hydroxyl groups excluding tert-OH is 1. The summed E-state index contributed by atoms with van der Waals surface area (Å²) in [7, 11) is 1.94. The Morgan fingerprint density at radius 1 is 1.37 bits per heavy atom. The van der Waals surface area contributed by atoms with Crippen LogP contribution < -0.4 is 0 Å². The third-order valence-corrected chi connectivity index (χ3v) is 3.81. The largest absolute Gasteiger partial charge is 0.390 e. The summed E-state index contributed by atoms with van der Waals surface area (Å²) in [5, 5.41) is 10.7. The Morgan fingerprint density at radius 3 is 2.84 bits per heavy atom. The number of rotatable bonds is 7. The molecule has 5 heteroatoms. The summed E-state index contributed by atoms with van der Waals surface area (Å²) < 4.78 is 7.42. The van der Waals surface area contributed by atoms with Crippen LogP contribution in [0.5, 0.6) is 0 Å². The van der Waals surface area contributed by atoms with E-state index in [2.05, 4.69) is 4.98 Å². The Balaban J connectivity index is 1.65. The molecule has 1 atom stereocenters. The van der Waals surface area contributed by atoms with Crippen LogP contribution in [0.25, 0.3) is 0 Å². The molecule has 102 valence electrons. The first-order valence-electron chi connectivity index (χ1n) is 6.15. The van der Waals surface area contributed by atoms with E-state index in [0.29, 0.717) is 19.0 Å². The Labute approximate surface area is 117 Å². The van der Waals surface area contributed by atoms with Gasteiger partial charge in [-0.1, -0.05) is 42.1 Å². The molecule has 1 unspecified atom stereocenters. The van der Waals surface area contributed by atoms with Crippen molar-refractivity contribution in [3.05, 3.63) is 48.3 Å². The number of thioether (sulfide) groups is 1. The summed E-state index contributed by atoms with van der Waals surface area (Å²) in [6.07, 6.45) is 3.16. The molecule has 1 aromatic carbocycles. The normalized spacial score (nSPS) is 12.5. The maximum absolute atomic E-state index is 9.83. The molecule has 2 aromatic rings. The Hall–Kier alpha value is -1.30. The van der Waals surface area contributed by atoms with Gasteiger partial charge in [0.1, 0.15) is 0 Å². The molecular formula is C14H18N2O2S. The summed E-state index contributed by atoms with van der Waals surface area (Å²) >= 11 is 1.53. The highest BCUT2D eigenvalue weighted by Gasteiger charge is 2.07. The average Bonchev–Trinajstić information content (AvgIpc) is 2.83. The van der Waals surface area contributed by atoms with Crippen molar-refractivity contribution in [1.82, 2.24) is 9.55 Å². The van der Waals surface area contributed by atoms with E-state index in [9.17, 15) is 5.11 Å². The van der Waals surface area contributed by atoms with Crippen molar-refractivity contribution >= 4 is 11.8 Å². The van der Waals surface area contributed by atoms with Crippen molar-refractivity contribution < 1.29 is 9.84 Å². The van der Waals surface area contributed by atoms with E-state index in [0.717, 1.165) is 10.7 Å². The van der Waals surface area contributed by atoms with Gasteiger partial charge >= 0.3 is 0 Å². The molecule has 0 radical (unpaired) electrons. The highest BCUT2D eigenvalue weighted by atomic mass is 32.2. The van der Waals surface area contributed by atoms with Gasteiger partial charge in [0.15, 0.2) is 5.16 Å². The standard InChI is InChI=1S/C14H18N2O2S/c1-16-8-7-15-14(16)19-11-13(17)10-18-9-12-5-3-2-4-6-12/h2-8,13,17H,9-11H2,1H3. The van der Waals surface area contributed by atoms with Crippen LogP contribution in [0.15, 0.2) is 47.9 Å². The van der Waals surface area contributed by atoms with Gasteiger partial charge < -0.3 is 14.4 Å². The zero-order valence-corrected chi connectivity index (χ0v) is 11.7. The van der Waals surface area contributed by atoms with Crippen LogP contribution in [0.1, 0.15) is 5.56 Å². The number of aromatic nitrogens is 2. The molecule has 1 heterocycles. The zero-order valence-electron chi connectivity index (χ0n) is 10.9. The van der Waals surface area contributed by atoms with Crippen molar-refractivity contribution in [1.29, 1.82) is 0 Å². The second-order valence-electron chi connectivity index (χ2n) is 4.29. The molecular weight excluding hydrogens is 260 g/mol. The molecule has 0 bridgehead atoms. The second-order valence-corrected chi connectivity index (χ2v) is 5.27. The number of aryl methyl sites for hydroxylation is 1. The van der Waals surface area contributed by atoms with Crippen LogP contribution in [0.2, 0.25) is 0 Å². The van der Waals surface area contributed by atoms with Gasteiger partial charge in [-0.05, 0) is 5.56 Å². The molecule has 0 saturated carbocycles. The van der Waals surface area contributed by atoms with Crippen molar-refractivity contribution in [3.8, 4) is 0 Å². The first kappa shape index (κ1) is 14.1.